The fourth-order valence-corrected chi connectivity index (χ4v) is 1.58. The predicted octanol–water partition coefficient (Wildman–Crippen LogP) is -0.140. The summed E-state index contributed by atoms with van der Waals surface area (Å²) in [4.78, 5) is 0. The molecule has 0 aromatic rings. The smallest absolute Gasteiger partial charge is 0.0608 e. The number of morpholine rings is 1. The Balaban J connectivity index is 1.66. The van der Waals surface area contributed by atoms with Crippen molar-refractivity contribution in [3.8, 4) is 0 Å². The fraction of sp³-hybridized carbons (Fsp3) is 1.00. The second kappa shape index (κ2) is 3.92. The van der Waals surface area contributed by atoms with Crippen molar-refractivity contribution in [2.45, 2.75) is 6.92 Å². The highest BCUT2D eigenvalue weighted by Gasteiger charge is 2.33. The average molecular weight is 186 g/mol. The third kappa shape index (κ3) is 2.40. The molecule has 13 heavy (non-hydrogen) atoms. The van der Waals surface area contributed by atoms with Gasteiger partial charge in [-0.05, 0) is 0 Å². The van der Waals surface area contributed by atoms with E-state index in [0.717, 1.165) is 46.1 Å². The Hall–Kier alpha value is -0.160. The van der Waals surface area contributed by atoms with Crippen molar-refractivity contribution in [2.75, 3.05) is 46.1 Å². The van der Waals surface area contributed by atoms with Gasteiger partial charge < -0.3 is 9.47 Å². The highest BCUT2D eigenvalue weighted by atomic mass is 16.5. The van der Waals surface area contributed by atoms with Crippen LogP contribution in [0.5, 0.6) is 0 Å². The van der Waals surface area contributed by atoms with Gasteiger partial charge in [0.1, 0.15) is 0 Å². The fourth-order valence-electron chi connectivity index (χ4n) is 1.58. The lowest BCUT2D eigenvalue weighted by Gasteiger charge is -2.40. The number of hydrazine groups is 1. The van der Waals surface area contributed by atoms with Crippen LogP contribution in [-0.4, -0.2) is 51.1 Å². The first kappa shape index (κ1) is 9.40. The van der Waals surface area contributed by atoms with Gasteiger partial charge in [-0.15, -0.1) is 0 Å². The van der Waals surface area contributed by atoms with Gasteiger partial charge >= 0.3 is 0 Å². The Morgan fingerprint density at radius 3 is 2.46 bits per heavy atom. The zero-order valence-electron chi connectivity index (χ0n) is 8.21. The molecule has 4 heteroatoms. The summed E-state index contributed by atoms with van der Waals surface area (Å²) >= 11 is 0. The first-order valence-corrected chi connectivity index (χ1v) is 4.92. The number of ether oxygens (including phenoxy) is 2. The van der Waals surface area contributed by atoms with Crippen molar-refractivity contribution in [1.82, 2.24) is 10.4 Å². The molecule has 0 aromatic carbocycles. The van der Waals surface area contributed by atoms with Gasteiger partial charge in [-0.3, -0.25) is 5.43 Å². The molecule has 0 aliphatic carbocycles. The molecule has 0 radical (unpaired) electrons. The molecule has 2 heterocycles. The van der Waals surface area contributed by atoms with Crippen LogP contribution in [0.2, 0.25) is 0 Å². The molecule has 1 N–H and O–H groups in total. The third-order valence-electron chi connectivity index (χ3n) is 2.64. The van der Waals surface area contributed by atoms with Crippen LogP contribution in [0.4, 0.5) is 0 Å². The van der Waals surface area contributed by atoms with Crippen LogP contribution in [-0.2, 0) is 9.47 Å². The van der Waals surface area contributed by atoms with Crippen molar-refractivity contribution in [3.63, 3.8) is 0 Å². The lowest BCUT2D eigenvalue weighted by atomic mass is 9.89. The summed E-state index contributed by atoms with van der Waals surface area (Å²) in [5.41, 5.74) is 3.80. The van der Waals surface area contributed by atoms with Crippen molar-refractivity contribution in [1.29, 1.82) is 0 Å². The predicted molar refractivity (Wildman–Crippen MR) is 49.3 cm³/mol. The van der Waals surface area contributed by atoms with E-state index >= 15 is 0 Å². The maximum absolute atomic E-state index is 5.27. The second-order valence-corrected chi connectivity index (χ2v) is 4.24. The second-order valence-electron chi connectivity index (χ2n) is 4.24. The normalized spacial score (nSPS) is 28.4. The Bertz CT molecular complexity index is 165. The summed E-state index contributed by atoms with van der Waals surface area (Å²) < 4.78 is 10.5. The van der Waals surface area contributed by atoms with Gasteiger partial charge in [-0.2, -0.15) is 0 Å². The zero-order chi connectivity index (χ0) is 9.15. The minimum Gasteiger partial charge on any atom is -0.380 e. The molecule has 2 aliphatic heterocycles. The van der Waals surface area contributed by atoms with Gasteiger partial charge in [0, 0.05) is 25.0 Å². The van der Waals surface area contributed by atoms with Gasteiger partial charge in [0.25, 0.3) is 0 Å². The SMILES string of the molecule is CC1(CNN2CCOCC2)COC1. The molecular formula is C9H18N2O2. The van der Waals surface area contributed by atoms with Crippen LogP contribution in [0.3, 0.4) is 0 Å². The highest BCUT2D eigenvalue weighted by molar-refractivity contribution is 4.82. The Kier molecular flexibility index (Phi) is 2.83. The molecule has 76 valence electrons. The van der Waals surface area contributed by atoms with Crippen LogP contribution >= 0.6 is 0 Å². The van der Waals surface area contributed by atoms with E-state index in [9.17, 15) is 0 Å². The minimum absolute atomic E-state index is 0.359. The maximum atomic E-state index is 5.27. The zero-order valence-corrected chi connectivity index (χ0v) is 8.21. The van der Waals surface area contributed by atoms with Crippen LogP contribution < -0.4 is 5.43 Å². The molecular weight excluding hydrogens is 168 g/mol. The lowest BCUT2D eigenvalue weighted by molar-refractivity contribution is -0.110. The maximum Gasteiger partial charge on any atom is 0.0608 e. The van der Waals surface area contributed by atoms with E-state index < -0.39 is 0 Å². The van der Waals surface area contributed by atoms with Crippen LogP contribution in [0, 0.1) is 5.41 Å². The Labute approximate surface area is 79.2 Å². The summed E-state index contributed by atoms with van der Waals surface area (Å²) in [5.74, 6) is 0. The minimum atomic E-state index is 0.359. The summed E-state index contributed by atoms with van der Waals surface area (Å²) in [6, 6.07) is 0. The molecule has 0 aromatic heterocycles. The van der Waals surface area contributed by atoms with Crippen LogP contribution in [0.1, 0.15) is 6.92 Å². The molecule has 0 atom stereocenters. The van der Waals surface area contributed by atoms with Gasteiger partial charge in [0.05, 0.1) is 26.4 Å². The van der Waals surface area contributed by atoms with E-state index in [1.54, 1.807) is 0 Å². The summed E-state index contributed by atoms with van der Waals surface area (Å²) in [5, 5.41) is 2.24. The lowest BCUT2D eigenvalue weighted by Crippen LogP contribution is -2.54. The van der Waals surface area contributed by atoms with Crippen LogP contribution in [0.25, 0.3) is 0 Å². The van der Waals surface area contributed by atoms with Gasteiger partial charge in [0.2, 0.25) is 0 Å². The van der Waals surface area contributed by atoms with Gasteiger partial charge in [-0.25, -0.2) is 5.01 Å². The molecule has 0 amide bonds. The molecule has 4 nitrogen and oxygen atoms in total. The topological polar surface area (TPSA) is 33.7 Å². The molecule has 2 fully saturated rings. The largest absolute Gasteiger partial charge is 0.380 e. The van der Waals surface area contributed by atoms with Crippen molar-refractivity contribution in [3.05, 3.63) is 0 Å². The quantitative estimate of drug-likeness (QED) is 0.665. The highest BCUT2D eigenvalue weighted by Crippen LogP contribution is 2.25. The molecule has 0 unspecified atom stereocenters. The molecule has 0 spiro atoms. The molecule has 0 bridgehead atoms. The summed E-state index contributed by atoms with van der Waals surface area (Å²) in [6.45, 7) is 8.75. The monoisotopic (exact) mass is 186 g/mol. The third-order valence-corrected chi connectivity index (χ3v) is 2.64. The van der Waals surface area contributed by atoms with E-state index in [2.05, 4.69) is 17.4 Å². The van der Waals surface area contributed by atoms with E-state index in [1.165, 1.54) is 0 Å². The number of nitrogens with zero attached hydrogens (tertiary/aromatic N) is 1. The summed E-state index contributed by atoms with van der Waals surface area (Å²) in [6.07, 6.45) is 0. The molecule has 0 saturated carbocycles. The number of nitrogens with one attached hydrogen (secondary N) is 1. The Morgan fingerprint density at radius 2 is 1.92 bits per heavy atom. The molecule has 2 saturated heterocycles. The van der Waals surface area contributed by atoms with Gasteiger partial charge in [-0.1, -0.05) is 6.92 Å². The number of rotatable bonds is 3. The van der Waals surface area contributed by atoms with E-state index in [0.29, 0.717) is 5.41 Å². The molecule has 2 rings (SSSR count). The van der Waals surface area contributed by atoms with E-state index in [1.807, 2.05) is 0 Å². The Morgan fingerprint density at radius 1 is 1.23 bits per heavy atom. The first-order valence-electron chi connectivity index (χ1n) is 4.92. The average Bonchev–Trinajstić information content (AvgIpc) is 2.13. The van der Waals surface area contributed by atoms with E-state index in [-0.39, 0.29) is 0 Å². The van der Waals surface area contributed by atoms with Crippen molar-refractivity contribution < 1.29 is 9.47 Å². The van der Waals surface area contributed by atoms with Crippen LogP contribution in [0.15, 0.2) is 0 Å². The van der Waals surface area contributed by atoms with Crippen molar-refractivity contribution in [2.24, 2.45) is 5.41 Å². The first-order chi connectivity index (χ1) is 6.29. The van der Waals surface area contributed by atoms with Gasteiger partial charge in [0.15, 0.2) is 0 Å². The van der Waals surface area contributed by atoms with E-state index in [4.69, 9.17) is 9.47 Å². The summed E-state index contributed by atoms with van der Waals surface area (Å²) in [7, 11) is 0. The number of hydrogen-bond donors (Lipinski definition) is 1. The standard InChI is InChI=1S/C9H18N2O2/c1-9(7-13-8-9)6-10-11-2-4-12-5-3-11/h10H,2-8H2,1H3. The van der Waals surface area contributed by atoms with Crippen molar-refractivity contribution >= 4 is 0 Å². The number of hydrogen-bond acceptors (Lipinski definition) is 4. The molecule has 2 aliphatic rings.